The van der Waals surface area contributed by atoms with E-state index < -0.39 is 0 Å². The van der Waals surface area contributed by atoms with E-state index in [4.69, 9.17) is 19.4 Å². The molecule has 11 rings (SSSR count). The molecule has 294 valence electrons. The fraction of sp³-hybridized carbons (Fsp3) is 0. The molecule has 0 aliphatic rings. The van der Waals surface area contributed by atoms with Crippen molar-refractivity contribution >= 4 is 21.9 Å². The van der Waals surface area contributed by atoms with Crippen LogP contribution >= 0.6 is 0 Å². The van der Waals surface area contributed by atoms with Crippen LogP contribution in [0, 0.1) is 11.3 Å². The van der Waals surface area contributed by atoms with Gasteiger partial charge in [-0.3, -0.25) is 0 Å². The summed E-state index contributed by atoms with van der Waals surface area (Å²) in [6, 6.07) is 77.0. The van der Waals surface area contributed by atoms with E-state index in [0.29, 0.717) is 23.0 Å². The van der Waals surface area contributed by atoms with Crippen LogP contribution in [0.25, 0.3) is 112 Å². The number of hydrogen-bond donors (Lipinski definition) is 0. The number of nitrogens with zero attached hydrogens (tertiary/aromatic N) is 4. The van der Waals surface area contributed by atoms with Gasteiger partial charge in [0.2, 0.25) is 0 Å². The summed E-state index contributed by atoms with van der Waals surface area (Å²) in [5, 5.41) is 11.5. The largest absolute Gasteiger partial charge is 0.456 e. The molecule has 0 bridgehead atoms. The van der Waals surface area contributed by atoms with Gasteiger partial charge in [-0.25, -0.2) is 15.0 Å². The number of fused-ring (bicyclic) bond motifs is 3. The van der Waals surface area contributed by atoms with Gasteiger partial charge in [0.15, 0.2) is 17.5 Å². The number of benzene rings is 9. The van der Waals surface area contributed by atoms with Gasteiger partial charge in [0.05, 0.1) is 11.6 Å². The first-order valence-electron chi connectivity index (χ1n) is 20.9. The summed E-state index contributed by atoms with van der Waals surface area (Å²) in [5.41, 5.74) is 15.8. The van der Waals surface area contributed by atoms with Crippen molar-refractivity contribution in [2.75, 3.05) is 0 Å². The maximum Gasteiger partial charge on any atom is 0.164 e. The third-order valence-corrected chi connectivity index (χ3v) is 11.6. The smallest absolute Gasteiger partial charge is 0.164 e. The lowest BCUT2D eigenvalue weighted by Gasteiger charge is -2.11. The van der Waals surface area contributed by atoms with Gasteiger partial charge in [0.1, 0.15) is 11.2 Å². The maximum absolute atomic E-state index is 9.39. The van der Waals surface area contributed by atoms with Gasteiger partial charge in [-0.05, 0) is 104 Å². The quantitative estimate of drug-likeness (QED) is 0.153. The zero-order valence-corrected chi connectivity index (χ0v) is 34.0. The lowest BCUT2D eigenvalue weighted by molar-refractivity contribution is 0.669. The van der Waals surface area contributed by atoms with Gasteiger partial charge in [-0.15, -0.1) is 0 Å². The van der Waals surface area contributed by atoms with E-state index >= 15 is 0 Å². The second-order valence-electron chi connectivity index (χ2n) is 15.5. The molecule has 0 saturated carbocycles. The highest BCUT2D eigenvalue weighted by atomic mass is 16.3. The Morgan fingerprint density at radius 2 is 0.714 bits per heavy atom. The highest BCUT2D eigenvalue weighted by Crippen LogP contribution is 2.39. The first kappa shape index (κ1) is 37.3. The van der Waals surface area contributed by atoms with E-state index in [9.17, 15) is 5.26 Å². The maximum atomic E-state index is 9.39. The highest BCUT2D eigenvalue weighted by Gasteiger charge is 2.18. The molecule has 63 heavy (non-hydrogen) atoms. The normalized spacial score (nSPS) is 11.2. The predicted octanol–water partition coefficient (Wildman–Crippen LogP) is 15.0. The third kappa shape index (κ3) is 7.33. The molecule has 0 saturated heterocycles. The van der Waals surface area contributed by atoms with Crippen LogP contribution < -0.4 is 0 Å². The van der Waals surface area contributed by atoms with E-state index in [0.717, 1.165) is 77.6 Å². The van der Waals surface area contributed by atoms with Gasteiger partial charge in [0, 0.05) is 27.5 Å². The van der Waals surface area contributed by atoms with Crippen molar-refractivity contribution in [1.82, 2.24) is 15.0 Å². The third-order valence-electron chi connectivity index (χ3n) is 11.6. The summed E-state index contributed by atoms with van der Waals surface area (Å²) in [5.74, 6) is 1.65. The molecule has 2 aromatic heterocycles. The zero-order chi connectivity index (χ0) is 42.1. The molecule has 0 aliphatic heterocycles. The van der Waals surface area contributed by atoms with Crippen molar-refractivity contribution in [2.45, 2.75) is 0 Å². The minimum absolute atomic E-state index is 0.536. The Morgan fingerprint density at radius 3 is 1.29 bits per heavy atom. The van der Waals surface area contributed by atoms with Crippen LogP contribution in [0.1, 0.15) is 5.56 Å². The van der Waals surface area contributed by atoms with Gasteiger partial charge >= 0.3 is 0 Å². The average molecular weight is 805 g/mol. The zero-order valence-electron chi connectivity index (χ0n) is 34.0. The Balaban J connectivity index is 1.02. The first-order chi connectivity index (χ1) is 31.1. The van der Waals surface area contributed by atoms with Crippen LogP contribution in [0.5, 0.6) is 0 Å². The van der Waals surface area contributed by atoms with Crippen molar-refractivity contribution < 1.29 is 4.42 Å². The molecule has 0 radical (unpaired) electrons. The minimum Gasteiger partial charge on any atom is -0.456 e. The average Bonchev–Trinajstić information content (AvgIpc) is 3.75. The molecule has 0 spiro atoms. The van der Waals surface area contributed by atoms with Crippen molar-refractivity contribution in [1.29, 1.82) is 5.26 Å². The monoisotopic (exact) mass is 804 g/mol. The van der Waals surface area contributed by atoms with Crippen LogP contribution in [-0.4, -0.2) is 15.0 Å². The van der Waals surface area contributed by atoms with Crippen molar-refractivity contribution in [3.05, 3.63) is 224 Å². The molecule has 11 aromatic rings. The summed E-state index contributed by atoms with van der Waals surface area (Å²) in [6.45, 7) is 0. The van der Waals surface area contributed by atoms with Crippen LogP contribution in [0.4, 0.5) is 0 Å². The topological polar surface area (TPSA) is 75.6 Å². The van der Waals surface area contributed by atoms with E-state index in [1.54, 1.807) is 0 Å². The van der Waals surface area contributed by atoms with Crippen molar-refractivity contribution in [3.63, 3.8) is 0 Å². The first-order valence-corrected chi connectivity index (χ1v) is 20.9. The fourth-order valence-electron chi connectivity index (χ4n) is 8.36. The Kier molecular flexibility index (Phi) is 9.50. The highest BCUT2D eigenvalue weighted by molar-refractivity contribution is 6.13. The Morgan fingerprint density at radius 1 is 0.317 bits per heavy atom. The van der Waals surface area contributed by atoms with Crippen LogP contribution in [0.2, 0.25) is 0 Å². The molecular formula is C58H36N4O. The number of hydrogen-bond acceptors (Lipinski definition) is 5. The number of furan rings is 1. The second kappa shape index (κ2) is 16.0. The molecular weight excluding hydrogens is 769 g/mol. The summed E-state index contributed by atoms with van der Waals surface area (Å²) < 4.78 is 6.60. The molecule has 0 amide bonds. The Bertz CT molecular complexity index is 3500. The van der Waals surface area contributed by atoms with E-state index in [1.807, 2.05) is 60.7 Å². The molecule has 0 atom stereocenters. The lowest BCUT2D eigenvalue weighted by atomic mass is 9.96. The van der Waals surface area contributed by atoms with Crippen LogP contribution in [0.15, 0.2) is 223 Å². The van der Waals surface area contributed by atoms with Gasteiger partial charge in [-0.1, -0.05) is 170 Å². The van der Waals surface area contributed by atoms with Crippen LogP contribution in [0.3, 0.4) is 0 Å². The number of nitriles is 1. The molecule has 5 heteroatoms. The summed E-state index contributed by atoms with van der Waals surface area (Å²) in [6.07, 6.45) is 0. The Labute approximate surface area is 364 Å². The standard InChI is InChI=1S/C58H36N4O/c59-37-38-23-25-42(26-24-38)45-16-8-19-48(34-45)56-60-57(49-20-9-18-47(35-49)46-17-7-15-44(33-46)40-13-5-2-6-14-40)62-58(61-56)50-31-32-52-54(36-50)63-53-22-10-21-51(55(52)53)43-29-27-41(28-30-43)39-11-3-1-4-12-39/h1-36H. The summed E-state index contributed by atoms with van der Waals surface area (Å²) in [7, 11) is 0. The molecule has 0 aliphatic carbocycles. The van der Waals surface area contributed by atoms with Gasteiger partial charge in [-0.2, -0.15) is 5.26 Å². The molecule has 0 fully saturated rings. The molecule has 2 heterocycles. The van der Waals surface area contributed by atoms with Crippen LogP contribution in [-0.2, 0) is 0 Å². The van der Waals surface area contributed by atoms with Gasteiger partial charge < -0.3 is 4.42 Å². The van der Waals surface area contributed by atoms with Crippen molar-refractivity contribution in [3.8, 4) is 95.9 Å². The van der Waals surface area contributed by atoms with Gasteiger partial charge in [0.25, 0.3) is 0 Å². The summed E-state index contributed by atoms with van der Waals surface area (Å²) in [4.78, 5) is 15.4. The molecule has 5 nitrogen and oxygen atoms in total. The predicted molar refractivity (Wildman–Crippen MR) is 255 cm³/mol. The fourth-order valence-corrected chi connectivity index (χ4v) is 8.36. The minimum atomic E-state index is 0.536. The number of aromatic nitrogens is 3. The van der Waals surface area contributed by atoms with E-state index in [-0.39, 0.29) is 0 Å². The lowest BCUT2D eigenvalue weighted by Crippen LogP contribution is -2.00. The molecule has 9 aromatic carbocycles. The van der Waals surface area contributed by atoms with E-state index in [2.05, 4.69) is 164 Å². The SMILES string of the molecule is N#Cc1ccc(-c2cccc(-c3nc(-c4cccc(-c5cccc(-c6ccccc6)c5)c4)nc(-c4ccc5c(c4)oc4cccc(-c6ccc(-c7ccccc7)cc6)c45)n3)c2)cc1. The summed E-state index contributed by atoms with van der Waals surface area (Å²) >= 11 is 0. The van der Waals surface area contributed by atoms with E-state index in [1.165, 1.54) is 16.7 Å². The molecule has 0 unspecified atom stereocenters. The Hall–Kier alpha value is -8.72. The second-order valence-corrected chi connectivity index (χ2v) is 15.5. The molecule has 0 N–H and O–H groups in total. The number of rotatable bonds is 8. The van der Waals surface area contributed by atoms with Crippen molar-refractivity contribution in [2.24, 2.45) is 0 Å².